The molecule has 0 saturated carbocycles. The van der Waals surface area contributed by atoms with Crippen LogP contribution in [0.3, 0.4) is 0 Å². The summed E-state index contributed by atoms with van der Waals surface area (Å²) >= 11 is 0. The Morgan fingerprint density at radius 3 is 2.74 bits per heavy atom. The van der Waals surface area contributed by atoms with Crippen LogP contribution in [-0.2, 0) is 4.74 Å². The highest BCUT2D eigenvalue weighted by molar-refractivity contribution is 5.45. The van der Waals surface area contributed by atoms with E-state index in [-0.39, 0.29) is 0 Å². The molecule has 1 aliphatic heterocycles. The van der Waals surface area contributed by atoms with Crippen molar-refractivity contribution in [3.8, 4) is 0 Å². The van der Waals surface area contributed by atoms with Crippen molar-refractivity contribution >= 4 is 11.8 Å². The molecule has 0 amide bonds. The van der Waals surface area contributed by atoms with Gasteiger partial charge in [0.05, 0.1) is 13.2 Å². The Hall–Kier alpha value is -1.36. The summed E-state index contributed by atoms with van der Waals surface area (Å²) in [5, 5.41) is 3.32. The SMILES string of the molecule is Cc1cc(N2CCOCC2)nc(NCCC(C)C)n1. The van der Waals surface area contributed by atoms with E-state index in [0.717, 1.165) is 56.7 Å². The van der Waals surface area contributed by atoms with Crippen molar-refractivity contribution in [2.75, 3.05) is 43.1 Å². The fourth-order valence-electron chi connectivity index (χ4n) is 2.06. The van der Waals surface area contributed by atoms with Crippen molar-refractivity contribution in [1.29, 1.82) is 0 Å². The van der Waals surface area contributed by atoms with Crippen molar-refractivity contribution in [2.24, 2.45) is 5.92 Å². The van der Waals surface area contributed by atoms with Crippen molar-refractivity contribution in [3.63, 3.8) is 0 Å². The Labute approximate surface area is 115 Å². The smallest absolute Gasteiger partial charge is 0.224 e. The van der Waals surface area contributed by atoms with Gasteiger partial charge in [-0.2, -0.15) is 4.98 Å². The molecule has 0 aliphatic carbocycles. The third-order valence-corrected chi connectivity index (χ3v) is 3.18. The average Bonchev–Trinajstić information content (AvgIpc) is 2.39. The van der Waals surface area contributed by atoms with Crippen LogP contribution in [0.1, 0.15) is 26.0 Å². The minimum Gasteiger partial charge on any atom is -0.378 e. The van der Waals surface area contributed by atoms with Crippen LogP contribution in [-0.4, -0.2) is 42.8 Å². The van der Waals surface area contributed by atoms with Gasteiger partial charge >= 0.3 is 0 Å². The number of aromatic nitrogens is 2. The fourth-order valence-corrected chi connectivity index (χ4v) is 2.06. The summed E-state index contributed by atoms with van der Waals surface area (Å²) < 4.78 is 5.37. The first-order chi connectivity index (χ1) is 9.15. The molecule has 5 heteroatoms. The molecule has 1 aliphatic rings. The number of ether oxygens (including phenoxy) is 1. The monoisotopic (exact) mass is 264 g/mol. The van der Waals surface area contributed by atoms with Gasteiger partial charge in [-0.1, -0.05) is 13.8 Å². The molecule has 5 nitrogen and oxygen atoms in total. The molecular formula is C14H24N4O. The summed E-state index contributed by atoms with van der Waals surface area (Å²) in [6, 6.07) is 2.04. The molecule has 1 aromatic heterocycles. The quantitative estimate of drug-likeness (QED) is 0.882. The van der Waals surface area contributed by atoms with Crippen LogP contribution < -0.4 is 10.2 Å². The Morgan fingerprint density at radius 2 is 2.05 bits per heavy atom. The lowest BCUT2D eigenvalue weighted by molar-refractivity contribution is 0.122. The standard InChI is InChI=1S/C14H24N4O/c1-11(2)4-5-15-14-16-12(3)10-13(17-14)18-6-8-19-9-7-18/h10-11H,4-9H2,1-3H3,(H,15,16,17). The molecule has 1 saturated heterocycles. The first kappa shape index (κ1) is 14.1. The summed E-state index contributed by atoms with van der Waals surface area (Å²) in [5.41, 5.74) is 1.00. The van der Waals surface area contributed by atoms with Crippen LogP contribution in [0.5, 0.6) is 0 Å². The zero-order valence-electron chi connectivity index (χ0n) is 12.1. The summed E-state index contributed by atoms with van der Waals surface area (Å²) in [6.45, 7) is 10.7. The molecular weight excluding hydrogens is 240 g/mol. The number of nitrogens with zero attached hydrogens (tertiary/aromatic N) is 3. The van der Waals surface area contributed by atoms with E-state index in [1.165, 1.54) is 0 Å². The molecule has 0 atom stereocenters. The number of hydrogen-bond acceptors (Lipinski definition) is 5. The molecule has 106 valence electrons. The molecule has 1 aromatic rings. The highest BCUT2D eigenvalue weighted by Crippen LogP contribution is 2.16. The number of rotatable bonds is 5. The van der Waals surface area contributed by atoms with Gasteiger partial charge in [-0.15, -0.1) is 0 Å². The normalized spacial score (nSPS) is 15.9. The Bertz CT molecular complexity index is 402. The number of anilines is 2. The zero-order chi connectivity index (χ0) is 13.7. The van der Waals surface area contributed by atoms with Crippen LogP contribution in [0.2, 0.25) is 0 Å². The van der Waals surface area contributed by atoms with E-state index in [1.54, 1.807) is 0 Å². The molecule has 0 unspecified atom stereocenters. The van der Waals surface area contributed by atoms with Gasteiger partial charge in [-0.05, 0) is 19.3 Å². The molecule has 2 heterocycles. The maximum absolute atomic E-state index is 5.37. The Balaban J connectivity index is 2.01. The van der Waals surface area contributed by atoms with Crippen LogP contribution in [0.4, 0.5) is 11.8 Å². The second-order valence-electron chi connectivity index (χ2n) is 5.40. The van der Waals surface area contributed by atoms with Crippen LogP contribution in [0.25, 0.3) is 0 Å². The average molecular weight is 264 g/mol. The molecule has 2 rings (SSSR count). The molecule has 0 aromatic carbocycles. The van der Waals surface area contributed by atoms with Crippen molar-refractivity contribution < 1.29 is 4.74 Å². The predicted molar refractivity (Wildman–Crippen MR) is 77.7 cm³/mol. The number of morpholine rings is 1. The van der Waals surface area contributed by atoms with Gasteiger partial charge < -0.3 is 15.0 Å². The Morgan fingerprint density at radius 1 is 1.32 bits per heavy atom. The minimum absolute atomic E-state index is 0.691. The van der Waals surface area contributed by atoms with E-state index in [0.29, 0.717) is 5.92 Å². The lowest BCUT2D eigenvalue weighted by Crippen LogP contribution is -2.37. The first-order valence-electron chi connectivity index (χ1n) is 7.07. The lowest BCUT2D eigenvalue weighted by atomic mass is 10.1. The third kappa shape index (κ3) is 4.35. The topological polar surface area (TPSA) is 50.3 Å². The van der Waals surface area contributed by atoms with Gasteiger partial charge in [0.2, 0.25) is 5.95 Å². The van der Waals surface area contributed by atoms with E-state index in [9.17, 15) is 0 Å². The van der Waals surface area contributed by atoms with Crippen LogP contribution in [0, 0.1) is 12.8 Å². The van der Waals surface area contributed by atoms with E-state index in [4.69, 9.17) is 4.74 Å². The number of nitrogens with one attached hydrogen (secondary N) is 1. The molecule has 0 bridgehead atoms. The minimum atomic E-state index is 0.691. The van der Waals surface area contributed by atoms with Gasteiger partial charge in [0, 0.05) is 31.4 Å². The zero-order valence-corrected chi connectivity index (χ0v) is 12.1. The summed E-state index contributed by atoms with van der Waals surface area (Å²) in [6.07, 6.45) is 1.13. The fraction of sp³-hybridized carbons (Fsp3) is 0.714. The van der Waals surface area contributed by atoms with E-state index < -0.39 is 0 Å². The predicted octanol–water partition coefficient (Wildman–Crippen LogP) is 2.08. The lowest BCUT2D eigenvalue weighted by Gasteiger charge is -2.28. The molecule has 0 radical (unpaired) electrons. The highest BCUT2D eigenvalue weighted by Gasteiger charge is 2.13. The van der Waals surface area contributed by atoms with Gasteiger partial charge in [0.1, 0.15) is 5.82 Å². The van der Waals surface area contributed by atoms with E-state index >= 15 is 0 Å². The number of aryl methyl sites for hydroxylation is 1. The summed E-state index contributed by atoms with van der Waals surface area (Å²) in [5.74, 6) is 2.43. The molecule has 1 fully saturated rings. The number of hydrogen-bond donors (Lipinski definition) is 1. The second kappa shape index (κ2) is 6.70. The molecule has 1 N–H and O–H groups in total. The second-order valence-corrected chi connectivity index (χ2v) is 5.40. The van der Waals surface area contributed by atoms with Gasteiger partial charge in [0.25, 0.3) is 0 Å². The van der Waals surface area contributed by atoms with E-state index in [2.05, 4.69) is 34.0 Å². The van der Waals surface area contributed by atoms with Gasteiger partial charge in [-0.25, -0.2) is 4.98 Å². The maximum Gasteiger partial charge on any atom is 0.224 e. The van der Waals surface area contributed by atoms with Crippen LogP contribution >= 0.6 is 0 Å². The Kier molecular flexibility index (Phi) is 4.96. The van der Waals surface area contributed by atoms with Gasteiger partial charge in [-0.3, -0.25) is 0 Å². The molecule has 19 heavy (non-hydrogen) atoms. The maximum atomic E-state index is 5.37. The summed E-state index contributed by atoms with van der Waals surface area (Å²) in [4.78, 5) is 11.3. The highest BCUT2D eigenvalue weighted by atomic mass is 16.5. The first-order valence-corrected chi connectivity index (χ1v) is 7.07. The van der Waals surface area contributed by atoms with E-state index in [1.807, 2.05) is 13.0 Å². The van der Waals surface area contributed by atoms with Crippen molar-refractivity contribution in [3.05, 3.63) is 11.8 Å². The summed E-state index contributed by atoms with van der Waals surface area (Å²) in [7, 11) is 0. The largest absolute Gasteiger partial charge is 0.378 e. The molecule has 0 spiro atoms. The van der Waals surface area contributed by atoms with Gasteiger partial charge in [0.15, 0.2) is 0 Å². The third-order valence-electron chi connectivity index (χ3n) is 3.18. The van der Waals surface area contributed by atoms with Crippen LogP contribution in [0.15, 0.2) is 6.07 Å². The van der Waals surface area contributed by atoms with Crippen molar-refractivity contribution in [1.82, 2.24) is 9.97 Å². The van der Waals surface area contributed by atoms with Crippen molar-refractivity contribution in [2.45, 2.75) is 27.2 Å².